The Morgan fingerprint density at radius 2 is 1.14 bits per heavy atom. The van der Waals surface area contributed by atoms with Crippen LogP contribution in [0.5, 0.6) is 0 Å². The fourth-order valence-corrected chi connectivity index (χ4v) is 4.34. The summed E-state index contributed by atoms with van der Waals surface area (Å²) in [7, 11) is 4.14. The molecular weight excluding hydrogens is 486 g/mol. The molecule has 2 aromatic carbocycles. The minimum absolute atomic E-state index is 0.989. The highest BCUT2D eigenvalue weighted by atomic mass is 127. The molecule has 0 aromatic heterocycles. The van der Waals surface area contributed by atoms with Gasteiger partial charge in [0.2, 0.25) is 0 Å². The molecule has 112 valence electrons. The SMILES string of the molecule is CN(C)c1ccc(Cc2ccc(N(CI)CI)cc2)cc1. The Hall–Kier alpha value is -0.500. The van der Waals surface area contributed by atoms with Gasteiger partial charge in [0, 0.05) is 25.5 Å². The Kier molecular flexibility index (Phi) is 6.60. The maximum absolute atomic E-state index is 2.41. The topological polar surface area (TPSA) is 6.48 Å². The molecule has 0 bridgehead atoms. The molecule has 0 saturated carbocycles. The van der Waals surface area contributed by atoms with E-state index >= 15 is 0 Å². The molecule has 0 aliphatic carbocycles. The van der Waals surface area contributed by atoms with Crippen LogP contribution in [0.25, 0.3) is 0 Å². The van der Waals surface area contributed by atoms with E-state index in [2.05, 4.69) is 118 Å². The summed E-state index contributed by atoms with van der Waals surface area (Å²) < 4.78 is 2.04. The molecule has 4 heteroatoms. The molecule has 2 rings (SSSR count). The summed E-state index contributed by atoms with van der Waals surface area (Å²) in [5, 5.41) is 0. The molecule has 0 heterocycles. The lowest BCUT2D eigenvalue weighted by molar-refractivity contribution is 1.09. The predicted octanol–water partition coefficient (Wildman–Crippen LogP) is 4.93. The Morgan fingerprint density at radius 1 is 0.714 bits per heavy atom. The van der Waals surface area contributed by atoms with Crippen molar-refractivity contribution >= 4 is 56.6 Å². The first-order valence-electron chi connectivity index (χ1n) is 6.86. The van der Waals surface area contributed by atoms with Gasteiger partial charge in [-0.1, -0.05) is 69.4 Å². The zero-order valence-corrected chi connectivity index (χ0v) is 16.7. The van der Waals surface area contributed by atoms with E-state index in [4.69, 9.17) is 0 Å². The lowest BCUT2D eigenvalue weighted by Gasteiger charge is -2.19. The number of halogens is 2. The Labute approximate surface area is 154 Å². The molecule has 0 spiro atoms. The Morgan fingerprint density at radius 3 is 1.52 bits per heavy atom. The van der Waals surface area contributed by atoms with Crippen molar-refractivity contribution in [1.82, 2.24) is 0 Å². The Balaban J connectivity index is 2.06. The van der Waals surface area contributed by atoms with Gasteiger partial charge in [0.25, 0.3) is 0 Å². The van der Waals surface area contributed by atoms with Crippen molar-refractivity contribution in [2.45, 2.75) is 6.42 Å². The number of hydrogen-bond acceptors (Lipinski definition) is 2. The van der Waals surface area contributed by atoms with Crippen molar-refractivity contribution in [2.75, 3.05) is 33.0 Å². The summed E-state index contributed by atoms with van der Waals surface area (Å²) in [6, 6.07) is 17.7. The number of nitrogens with zero attached hydrogens (tertiary/aromatic N) is 2. The molecule has 2 nitrogen and oxygen atoms in total. The fourth-order valence-electron chi connectivity index (χ4n) is 2.14. The van der Waals surface area contributed by atoms with Crippen molar-refractivity contribution in [2.24, 2.45) is 0 Å². The van der Waals surface area contributed by atoms with Crippen molar-refractivity contribution in [3.8, 4) is 0 Å². The van der Waals surface area contributed by atoms with Gasteiger partial charge in [0.15, 0.2) is 0 Å². The van der Waals surface area contributed by atoms with Gasteiger partial charge < -0.3 is 9.80 Å². The molecule has 0 unspecified atom stereocenters. The molecule has 2 aromatic rings. The van der Waals surface area contributed by atoms with Gasteiger partial charge in [-0.05, 0) is 41.8 Å². The first-order chi connectivity index (χ1) is 10.1. The average molecular weight is 506 g/mol. The minimum atomic E-state index is 0.989. The molecule has 0 N–H and O–H groups in total. The molecule has 0 saturated heterocycles. The highest BCUT2D eigenvalue weighted by molar-refractivity contribution is 14.1. The molecule has 0 fully saturated rings. The van der Waals surface area contributed by atoms with E-state index < -0.39 is 0 Å². The van der Waals surface area contributed by atoms with Crippen LogP contribution in [-0.4, -0.2) is 23.2 Å². The quantitative estimate of drug-likeness (QED) is 0.312. The average Bonchev–Trinajstić information content (AvgIpc) is 2.51. The number of hydrogen-bond donors (Lipinski definition) is 0. The third-order valence-corrected chi connectivity index (χ3v) is 5.10. The highest BCUT2D eigenvalue weighted by Crippen LogP contribution is 2.20. The van der Waals surface area contributed by atoms with Crippen LogP contribution in [-0.2, 0) is 6.42 Å². The molecule has 0 radical (unpaired) electrons. The lowest BCUT2D eigenvalue weighted by Crippen LogP contribution is -2.18. The third-order valence-electron chi connectivity index (χ3n) is 3.45. The number of rotatable bonds is 6. The van der Waals surface area contributed by atoms with Crippen molar-refractivity contribution in [3.63, 3.8) is 0 Å². The highest BCUT2D eigenvalue weighted by Gasteiger charge is 2.03. The van der Waals surface area contributed by atoms with Gasteiger partial charge in [0.1, 0.15) is 0 Å². The summed E-state index contributed by atoms with van der Waals surface area (Å²) in [5.74, 6) is 0. The van der Waals surface area contributed by atoms with E-state index in [9.17, 15) is 0 Å². The van der Waals surface area contributed by atoms with Crippen LogP contribution in [0.15, 0.2) is 48.5 Å². The predicted molar refractivity (Wildman–Crippen MR) is 110 cm³/mol. The second kappa shape index (κ2) is 8.22. The maximum Gasteiger partial charge on any atom is 0.0707 e. The summed E-state index contributed by atoms with van der Waals surface area (Å²) in [6.45, 7) is 0. The number of alkyl halides is 2. The monoisotopic (exact) mass is 506 g/mol. The van der Waals surface area contributed by atoms with Crippen LogP contribution in [0.2, 0.25) is 0 Å². The molecule has 21 heavy (non-hydrogen) atoms. The minimum Gasteiger partial charge on any atom is -0.378 e. The smallest absolute Gasteiger partial charge is 0.0707 e. The van der Waals surface area contributed by atoms with E-state index in [0.29, 0.717) is 0 Å². The van der Waals surface area contributed by atoms with Crippen LogP contribution in [0.3, 0.4) is 0 Å². The van der Waals surface area contributed by atoms with Gasteiger partial charge in [-0.2, -0.15) is 0 Å². The van der Waals surface area contributed by atoms with Gasteiger partial charge in [-0.3, -0.25) is 0 Å². The molecule has 0 aliphatic rings. The van der Waals surface area contributed by atoms with Crippen LogP contribution < -0.4 is 9.80 Å². The number of anilines is 2. The van der Waals surface area contributed by atoms with Crippen LogP contribution >= 0.6 is 45.2 Å². The largest absolute Gasteiger partial charge is 0.378 e. The van der Waals surface area contributed by atoms with E-state index in [1.165, 1.54) is 22.5 Å². The van der Waals surface area contributed by atoms with Crippen LogP contribution in [0.4, 0.5) is 11.4 Å². The van der Waals surface area contributed by atoms with Crippen molar-refractivity contribution in [3.05, 3.63) is 59.7 Å². The summed E-state index contributed by atoms with van der Waals surface area (Å²) >= 11 is 4.81. The summed E-state index contributed by atoms with van der Waals surface area (Å²) in [5.41, 5.74) is 5.26. The lowest BCUT2D eigenvalue weighted by atomic mass is 10.0. The van der Waals surface area contributed by atoms with E-state index in [1.54, 1.807) is 0 Å². The maximum atomic E-state index is 2.41. The molecule has 0 amide bonds. The van der Waals surface area contributed by atoms with E-state index in [-0.39, 0.29) is 0 Å². The second-order valence-electron chi connectivity index (χ2n) is 5.18. The zero-order valence-electron chi connectivity index (χ0n) is 12.4. The van der Waals surface area contributed by atoms with E-state index in [0.717, 1.165) is 15.5 Å². The van der Waals surface area contributed by atoms with Gasteiger partial charge in [-0.15, -0.1) is 0 Å². The Bertz CT molecular complexity index is 546. The molecule has 0 aliphatic heterocycles. The standard InChI is InChI=1S/C17H20I2N2/c1-20(2)16-7-3-14(4-8-16)11-15-5-9-17(10-6-15)21(12-18)13-19/h3-10H,11-13H2,1-2H3. The third kappa shape index (κ3) is 4.74. The van der Waals surface area contributed by atoms with Crippen molar-refractivity contribution in [1.29, 1.82) is 0 Å². The van der Waals surface area contributed by atoms with Gasteiger partial charge in [-0.25, -0.2) is 0 Å². The summed E-state index contributed by atoms with van der Waals surface area (Å²) in [6.07, 6.45) is 0.989. The normalized spacial score (nSPS) is 10.5. The van der Waals surface area contributed by atoms with Crippen LogP contribution in [0, 0.1) is 0 Å². The first kappa shape index (κ1) is 16.9. The fraction of sp³-hybridized carbons (Fsp3) is 0.294. The first-order valence-corrected chi connectivity index (χ1v) is 9.91. The van der Waals surface area contributed by atoms with E-state index in [1.807, 2.05) is 0 Å². The van der Waals surface area contributed by atoms with Gasteiger partial charge in [0.05, 0.1) is 9.10 Å². The second-order valence-corrected chi connectivity index (χ2v) is 6.55. The van der Waals surface area contributed by atoms with Crippen molar-refractivity contribution < 1.29 is 0 Å². The number of benzene rings is 2. The van der Waals surface area contributed by atoms with Crippen LogP contribution in [0.1, 0.15) is 11.1 Å². The summed E-state index contributed by atoms with van der Waals surface area (Å²) in [4.78, 5) is 4.47. The van der Waals surface area contributed by atoms with Gasteiger partial charge >= 0.3 is 0 Å². The molecular formula is C17H20I2N2. The zero-order chi connectivity index (χ0) is 15.2. The molecule has 0 atom stereocenters.